The second-order valence-electron chi connectivity index (χ2n) is 5.30. The van der Waals surface area contributed by atoms with Crippen LogP contribution in [0.25, 0.3) is 12.2 Å². The maximum atomic E-state index is 12.3. The highest BCUT2D eigenvalue weighted by atomic mass is 35.5. The minimum absolute atomic E-state index is 0.197. The molecule has 0 amide bonds. The molecular formula is C19H14ClNO2S. The fraction of sp³-hybridized carbons (Fsp3) is 0.0526. The number of thiazole rings is 1. The van der Waals surface area contributed by atoms with Crippen molar-refractivity contribution in [2.45, 2.75) is 6.92 Å². The van der Waals surface area contributed by atoms with Gasteiger partial charge in [-0.2, -0.15) is 0 Å². The Kier molecular flexibility index (Phi) is 4.79. The third-order valence-electron chi connectivity index (χ3n) is 3.53. The van der Waals surface area contributed by atoms with Crippen LogP contribution in [0.2, 0.25) is 5.02 Å². The number of carbonyl (C=O) groups is 1. The zero-order valence-corrected chi connectivity index (χ0v) is 14.4. The van der Waals surface area contributed by atoms with Gasteiger partial charge in [-0.15, -0.1) is 11.3 Å². The fourth-order valence-electron chi connectivity index (χ4n) is 2.26. The first-order valence-electron chi connectivity index (χ1n) is 7.31. The number of aromatic amines is 1. The molecule has 1 N–H and O–H groups in total. The summed E-state index contributed by atoms with van der Waals surface area (Å²) in [5, 5.41) is 0.502. The molecule has 5 heteroatoms. The average molecular weight is 356 g/mol. The lowest BCUT2D eigenvalue weighted by molar-refractivity contribution is 0.106. The van der Waals surface area contributed by atoms with Crippen LogP contribution in [0.15, 0.2) is 53.3 Å². The van der Waals surface area contributed by atoms with E-state index in [1.807, 2.05) is 37.3 Å². The molecule has 1 aromatic heterocycles. The van der Waals surface area contributed by atoms with Gasteiger partial charge in [-0.25, -0.2) is 0 Å². The zero-order chi connectivity index (χ0) is 17.1. The second kappa shape index (κ2) is 6.99. The number of nitrogens with one attached hydrogen (secondary N) is 1. The smallest absolute Gasteiger partial charge is 0.266 e. The molecule has 24 heavy (non-hydrogen) atoms. The van der Waals surface area contributed by atoms with Crippen LogP contribution < -0.4 is 14.8 Å². The van der Waals surface area contributed by atoms with Crippen molar-refractivity contribution in [3.63, 3.8) is 0 Å². The van der Waals surface area contributed by atoms with E-state index < -0.39 is 0 Å². The second-order valence-corrected chi connectivity index (χ2v) is 6.82. The number of aromatic nitrogens is 1. The number of benzene rings is 2. The number of H-pyrrole nitrogens is 1. The lowest BCUT2D eigenvalue weighted by Crippen LogP contribution is -2.20. The van der Waals surface area contributed by atoms with Gasteiger partial charge < -0.3 is 4.98 Å². The van der Waals surface area contributed by atoms with Gasteiger partial charge in [0.2, 0.25) is 0 Å². The van der Waals surface area contributed by atoms with Gasteiger partial charge in [0.05, 0.1) is 9.20 Å². The Morgan fingerprint density at radius 2 is 1.96 bits per heavy atom. The van der Waals surface area contributed by atoms with Crippen LogP contribution in [0.4, 0.5) is 0 Å². The summed E-state index contributed by atoms with van der Waals surface area (Å²) in [5.74, 6) is -0.197. The molecule has 3 rings (SSSR count). The first-order chi connectivity index (χ1) is 11.5. The summed E-state index contributed by atoms with van der Waals surface area (Å²) in [7, 11) is 0. The van der Waals surface area contributed by atoms with Gasteiger partial charge in [-0.1, -0.05) is 48.0 Å². The molecule has 0 bridgehead atoms. The van der Waals surface area contributed by atoms with E-state index in [-0.39, 0.29) is 11.3 Å². The van der Waals surface area contributed by atoms with Crippen molar-refractivity contribution in [3.05, 3.63) is 89.8 Å². The third kappa shape index (κ3) is 3.72. The van der Waals surface area contributed by atoms with Gasteiger partial charge >= 0.3 is 0 Å². The fourth-order valence-corrected chi connectivity index (χ4v) is 3.33. The molecule has 0 fully saturated rings. The first kappa shape index (κ1) is 16.4. The summed E-state index contributed by atoms with van der Waals surface area (Å²) < 4.78 is 1.08. The van der Waals surface area contributed by atoms with Crippen molar-refractivity contribution in [1.82, 2.24) is 4.98 Å². The Bertz CT molecular complexity index is 1080. The van der Waals surface area contributed by atoms with E-state index in [4.69, 9.17) is 11.6 Å². The van der Waals surface area contributed by atoms with Crippen molar-refractivity contribution >= 4 is 40.9 Å². The summed E-state index contributed by atoms with van der Waals surface area (Å²) >= 11 is 7.16. The van der Waals surface area contributed by atoms with Gasteiger partial charge in [0.1, 0.15) is 0 Å². The van der Waals surface area contributed by atoms with Crippen molar-refractivity contribution in [2.75, 3.05) is 0 Å². The van der Waals surface area contributed by atoms with Crippen LogP contribution in [0.1, 0.15) is 21.5 Å². The molecule has 0 radical (unpaired) electrons. The average Bonchev–Trinajstić information content (AvgIpc) is 2.89. The van der Waals surface area contributed by atoms with Crippen molar-refractivity contribution in [3.8, 4) is 0 Å². The number of carbonyl (C=O) groups excluding carboxylic acids is 1. The highest BCUT2D eigenvalue weighted by Gasteiger charge is 2.04. The third-order valence-corrected chi connectivity index (χ3v) is 4.72. The Labute approximate surface area is 147 Å². The highest BCUT2D eigenvalue weighted by molar-refractivity contribution is 7.07. The van der Waals surface area contributed by atoms with E-state index in [2.05, 4.69) is 4.98 Å². The van der Waals surface area contributed by atoms with E-state index in [1.54, 1.807) is 24.3 Å². The Morgan fingerprint density at radius 1 is 1.17 bits per heavy atom. The number of aryl methyl sites for hydroxylation is 1. The minimum atomic E-state index is -0.201. The zero-order valence-electron chi connectivity index (χ0n) is 12.9. The molecule has 0 aliphatic rings. The van der Waals surface area contributed by atoms with Gasteiger partial charge in [-0.3, -0.25) is 9.59 Å². The maximum Gasteiger partial charge on any atom is 0.266 e. The van der Waals surface area contributed by atoms with Crippen LogP contribution in [0.3, 0.4) is 0 Å². The number of ketones is 1. The SMILES string of the molecule is Cc1ccccc1/C=c1\s/c(=C\C(=O)c2cccc(Cl)c2)[nH]c1=O. The van der Waals surface area contributed by atoms with Crippen molar-refractivity contribution in [1.29, 1.82) is 0 Å². The number of hydrogen-bond acceptors (Lipinski definition) is 3. The van der Waals surface area contributed by atoms with E-state index in [9.17, 15) is 9.59 Å². The van der Waals surface area contributed by atoms with Gasteiger partial charge in [0, 0.05) is 16.7 Å². The van der Waals surface area contributed by atoms with Crippen LogP contribution in [0.5, 0.6) is 0 Å². The maximum absolute atomic E-state index is 12.3. The lowest BCUT2D eigenvalue weighted by atomic mass is 10.1. The largest absolute Gasteiger partial charge is 0.313 e. The quantitative estimate of drug-likeness (QED) is 0.734. The van der Waals surface area contributed by atoms with Crippen molar-refractivity contribution < 1.29 is 4.79 Å². The summed E-state index contributed by atoms with van der Waals surface area (Å²) in [4.78, 5) is 27.1. The summed E-state index contributed by atoms with van der Waals surface area (Å²) in [6.45, 7) is 1.99. The topological polar surface area (TPSA) is 49.9 Å². The molecule has 0 spiro atoms. The Balaban J connectivity index is 2.02. The Hall–Kier alpha value is -2.43. The molecule has 120 valence electrons. The van der Waals surface area contributed by atoms with Crippen LogP contribution in [0, 0.1) is 6.92 Å². The molecule has 0 saturated carbocycles. The molecule has 0 aliphatic carbocycles. The number of halogens is 1. The number of rotatable bonds is 3. The first-order valence-corrected chi connectivity index (χ1v) is 8.50. The van der Waals surface area contributed by atoms with Gasteiger partial charge in [-0.05, 0) is 36.3 Å². The van der Waals surface area contributed by atoms with E-state index >= 15 is 0 Å². The number of hydrogen-bond donors (Lipinski definition) is 1. The molecule has 3 nitrogen and oxygen atoms in total. The molecule has 0 aliphatic heterocycles. The van der Waals surface area contributed by atoms with Gasteiger partial charge in [0.15, 0.2) is 5.78 Å². The molecular weight excluding hydrogens is 342 g/mol. The predicted molar refractivity (Wildman–Crippen MR) is 99.2 cm³/mol. The summed E-state index contributed by atoms with van der Waals surface area (Å²) in [5.41, 5.74) is 2.36. The van der Waals surface area contributed by atoms with Crippen LogP contribution in [-0.4, -0.2) is 10.8 Å². The Morgan fingerprint density at radius 3 is 2.71 bits per heavy atom. The molecule has 3 aromatic rings. The van der Waals surface area contributed by atoms with E-state index in [0.29, 0.717) is 19.8 Å². The minimum Gasteiger partial charge on any atom is -0.313 e. The van der Waals surface area contributed by atoms with Gasteiger partial charge in [0.25, 0.3) is 5.56 Å². The van der Waals surface area contributed by atoms with Crippen molar-refractivity contribution in [2.24, 2.45) is 0 Å². The van der Waals surface area contributed by atoms with E-state index in [1.165, 1.54) is 17.4 Å². The van der Waals surface area contributed by atoms with Crippen LogP contribution >= 0.6 is 22.9 Å². The lowest BCUT2D eigenvalue weighted by Gasteiger charge is -1.96. The summed E-state index contributed by atoms with van der Waals surface area (Å²) in [6.07, 6.45) is 3.26. The molecule has 0 unspecified atom stereocenters. The standard InChI is InChI=1S/C19H14ClNO2S/c1-12-5-2-3-6-13(12)10-17-19(23)21-18(24-17)11-16(22)14-7-4-8-15(20)9-14/h2-11H,1H3,(H,21,23)/b17-10-,18-11-. The monoisotopic (exact) mass is 355 g/mol. The molecule has 0 atom stereocenters. The summed E-state index contributed by atoms with van der Waals surface area (Å²) in [6, 6.07) is 14.5. The number of Topliss-reactive ketones (excluding diaryl/α,β-unsaturated/α-hetero) is 1. The molecule has 0 saturated heterocycles. The van der Waals surface area contributed by atoms with Crippen LogP contribution in [-0.2, 0) is 0 Å². The molecule has 1 heterocycles. The predicted octanol–water partition coefficient (Wildman–Crippen LogP) is 2.89. The molecule has 2 aromatic carbocycles. The highest BCUT2D eigenvalue weighted by Crippen LogP contribution is 2.11. The van der Waals surface area contributed by atoms with E-state index in [0.717, 1.165) is 11.1 Å². The normalized spacial score (nSPS) is 12.6.